The average Bonchev–Trinajstić information content (AvgIpc) is 3.10. The van der Waals surface area contributed by atoms with E-state index in [0.717, 1.165) is 22.9 Å². The SMILES string of the molecule is CS(=O)(=O)c1ccccc1C(=O)Nc1ccc(-c2ccccc2)c2c1C(=O)NC2. The molecule has 0 atom stereocenters. The highest BCUT2D eigenvalue weighted by molar-refractivity contribution is 7.90. The van der Waals surface area contributed by atoms with Crippen LogP contribution in [0.4, 0.5) is 5.69 Å². The monoisotopic (exact) mass is 406 g/mol. The molecule has 0 radical (unpaired) electrons. The van der Waals surface area contributed by atoms with Gasteiger partial charge in [-0.1, -0.05) is 48.5 Å². The Morgan fingerprint density at radius 3 is 2.38 bits per heavy atom. The van der Waals surface area contributed by atoms with Gasteiger partial charge in [-0.25, -0.2) is 8.42 Å². The van der Waals surface area contributed by atoms with Gasteiger partial charge in [0.1, 0.15) is 0 Å². The fourth-order valence-electron chi connectivity index (χ4n) is 3.51. The van der Waals surface area contributed by atoms with E-state index in [1.807, 2.05) is 36.4 Å². The van der Waals surface area contributed by atoms with Crippen molar-refractivity contribution in [1.29, 1.82) is 0 Å². The molecular weight excluding hydrogens is 388 g/mol. The minimum Gasteiger partial charge on any atom is -0.348 e. The third-order valence-electron chi connectivity index (χ3n) is 4.83. The van der Waals surface area contributed by atoms with E-state index in [9.17, 15) is 18.0 Å². The molecule has 7 heteroatoms. The molecule has 4 rings (SSSR count). The Balaban J connectivity index is 1.76. The van der Waals surface area contributed by atoms with Crippen LogP contribution in [0.15, 0.2) is 71.6 Å². The summed E-state index contributed by atoms with van der Waals surface area (Å²) < 4.78 is 24.0. The van der Waals surface area contributed by atoms with Gasteiger partial charge in [-0.2, -0.15) is 0 Å². The van der Waals surface area contributed by atoms with Crippen molar-refractivity contribution in [2.75, 3.05) is 11.6 Å². The van der Waals surface area contributed by atoms with E-state index in [1.54, 1.807) is 18.2 Å². The molecule has 0 saturated heterocycles. The lowest BCUT2D eigenvalue weighted by Gasteiger charge is -2.14. The minimum absolute atomic E-state index is 0.0364. The number of rotatable bonds is 4. The summed E-state index contributed by atoms with van der Waals surface area (Å²) in [6.07, 6.45) is 1.05. The average molecular weight is 406 g/mol. The third kappa shape index (κ3) is 3.52. The quantitative estimate of drug-likeness (QED) is 0.696. The number of hydrogen-bond donors (Lipinski definition) is 2. The molecule has 146 valence electrons. The summed E-state index contributed by atoms with van der Waals surface area (Å²) in [6, 6.07) is 19.2. The van der Waals surface area contributed by atoms with Crippen LogP contribution in [-0.4, -0.2) is 26.5 Å². The van der Waals surface area contributed by atoms with E-state index < -0.39 is 15.7 Å². The van der Waals surface area contributed by atoms with Gasteiger partial charge in [0.05, 0.1) is 21.7 Å². The molecule has 6 nitrogen and oxygen atoms in total. The number of carbonyl (C=O) groups excluding carboxylic acids is 2. The van der Waals surface area contributed by atoms with Gasteiger partial charge in [-0.05, 0) is 34.9 Å². The highest BCUT2D eigenvalue weighted by atomic mass is 32.2. The van der Waals surface area contributed by atoms with Crippen LogP contribution >= 0.6 is 0 Å². The molecule has 0 aliphatic carbocycles. The molecule has 0 aromatic heterocycles. The molecule has 1 aliphatic heterocycles. The lowest BCUT2D eigenvalue weighted by molar-refractivity contribution is 0.0966. The van der Waals surface area contributed by atoms with Gasteiger partial charge < -0.3 is 10.6 Å². The smallest absolute Gasteiger partial charge is 0.257 e. The first kappa shape index (κ1) is 18.9. The maximum absolute atomic E-state index is 12.8. The summed E-state index contributed by atoms with van der Waals surface area (Å²) in [4.78, 5) is 25.2. The van der Waals surface area contributed by atoms with Crippen LogP contribution in [0.25, 0.3) is 11.1 Å². The number of nitrogens with one attached hydrogen (secondary N) is 2. The zero-order valence-corrected chi connectivity index (χ0v) is 16.4. The molecule has 1 heterocycles. The summed E-state index contributed by atoms with van der Waals surface area (Å²) in [5, 5.41) is 5.51. The molecule has 29 heavy (non-hydrogen) atoms. The van der Waals surface area contributed by atoms with Crippen LogP contribution in [0, 0.1) is 0 Å². The predicted octanol–water partition coefficient (Wildman–Crippen LogP) is 3.25. The van der Waals surface area contributed by atoms with Gasteiger partial charge in [0, 0.05) is 12.8 Å². The predicted molar refractivity (Wildman–Crippen MR) is 111 cm³/mol. The first-order chi connectivity index (χ1) is 13.9. The van der Waals surface area contributed by atoms with E-state index in [0.29, 0.717) is 17.8 Å². The Morgan fingerprint density at radius 2 is 1.66 bits per heavy atom. The van der Waals surface area contributed by atoms with Gasteiger partial charge in [0.15, 0.2) is 9.84 Å². The molecule has 3 aromatic rings. The second kappa shape index (κ2) is 7.18. The normalized spacial score (nSPS) is 12.9. The molecular formula is C22H18N2O4S. The lowest BCUT2D eigenvalue weighted by Crippen LogP contribution is -2.19. The Bertz CT molecular complexity index is 1230. The third-order valence-corrected chi connectivity index (χ3v) is 5.98. The Morgan fingerprint density at radius 1 is 0.966 bits per heavy atom. The first-order valence-corrected chi connectivity index (χ1v) is 10.9. The molecule has 3 aromatic carbocycles. The Hall–Kier alpha value is -3.45. The molecule has 0 spiro atoms. The number of anilines is 1. The zero-order valence-electron chi connectivity index (χ0n) is 15.6. The molecule has 2 amide bonds. The summed E-state index contributed by atoms with van der Waals surface area (Å²) >= 11 is 0. The largest absolute Gasteiger partial charge is 0.348 e. The molecule has 2 N–H and O–H groups in total. The van der Waals surface area contributed by atoms with Gasteiger partial charge in [-0.15, -0.1) is 0 Å². The fraction of sp³-hybridized carbons (Fsp3) is 0.0909. The number of sulfone groups is 1. The second-order valence-corrected chi connectivity index (χ2v) is 8.77. The van der Waals surface area contributed by atoms with Crippen LogP contribution in [0.1, 0.15) is 26.3 Å². The number of benzene rings is 3. The van der Waals surface area contributed by atoms with Gasteiger partial charge in [0.25, 0.3) is 11.8 Å². The standard InChI is InChI=1S/C22H18N2O4S/c1-29(27,28)19-10-6-5-9-16(19)21(25)24-18-12-11-15(14-7-3-2-4-8-14)17-13-23-22(26)20(17)18/h2-12H,13H2,1H3,(H,23,26)(H,24,25). The molecule has 0 fully saturated rings. The summed E-state index contributed by atoms with van der Waals surface area (Å²) in [5.74, 6) is -0.857. The van der Waals surface area contributed by atoms with Crippen LogP contribution in [-0.2, 0) is 16.4 Å². The van der Waals surface area contributed by atoms with Gasteiger partial charge in [-0.3, -0.25) is 9.59 Å². The fourth-order valence-corrected chi connectivity index (χ4v) is 4.39. The van der Waals surface area contributed by atoms with Crippen molar-refractivity contribution < 1.29 is 18.0 Å². The van der Waals surface area contributed by atoms with Crippen molar-refractivity contribution in [3.05, 3.63) is 83.4 Å². The summed E-state index contributed by atoms with van der Waals surface area (Å²) in [5.41, 5.74) is 3.47. The van der Waals surface area contributed by atoms with Crippen molar-refractivity contribution >= 4 is 27.3 Å². The van der Waals surface area contributed by atoms with E-state index in [2.05, 4.69) is 10.6 Å². The topological polar surface area (TPSA) is 92.3 Å². The number of hydrogen-bond acceptors (Lipinski definition) is 4. The second-order valence-electron chi connectivity index (χ2n) is 6.79. The molecule has 1 aliphatic rings. The van der Waals surface area contributed by atoms with Crippen LogP contribution < -0.4 is 10.6 Å². The first-order valence-electron chi connectivity index (χ1n) is 8.96. The van der Waals surface area contributed by atoms with Crippen molar-refractivity contribution in [3.8, 4) is 11.1 Å². The van der Waals surface area contributed by atoms with Crippen LogP contribution in [0.5, 0.6) is 0 Å². The van der Waals surface area contributed by atoms with Crippen molar-refractivity contribution in [1.82, 2.24) is 5.32 Å². The van der Waals surface area contributed by atoms with Crippen molar-refractivity contribution in [2.45, 2.75) is 11.4 Å². The maximum Gasteiger partial charge on any atom is 0.257 e. The van der Waals surface area contributed by atoms with Crippen LogP contribution in [0.3, 0.4) is 0 Å². The van der Waals surface area contributed by atoms with Gasteiger partial charge in [0.2, 0.25) is 0 Å². The Labute approximate surface area is 168 Å². The maximum atomic E-state index is 12.8. The van der Waals surface area contributed by atoms with E-state index in [1.165, 1.54) is 12.1 Å². The molecule has 0 bridgehead atoms. The summed E-state index contributed by atoms with van der Waals surface area (Å²) in [7, 11) is -3.58. The van der Waals surface area contributed by atoms with E-state index >= 15 is 0 Å². The van der Waals surface area contributed by atoms with E-state index in [-0.39, 0.29) is 16.4 Å². The minimum atomic E-state index is -3.58. The lowest BCUT2D eigenvalue weighted by atomic mass is 9.95. The highest BCUT2D eigenvalue weighted by Crippen LogP contribution is 2.34. The van der Waals surface area contributed by atoms with Crippen molar-refractivity contribution in [3.63, 3.8) is 0 Å². The number of carbonyl (C=O) groups is 2. The van der Waals surface area contributed by atoms with Gasteiger partial charge >= 0.3 is 0 Å². The van der Waals surface area contributed by atoms with Crippen molar-refractivity contribution in [2.24, 2.45) is 0 Å². The zero-order chi connectivity index (χ0) is 20.6. The number of amides is 2. The Kier molecular flexibility index (Phi) is 4.68. The molecule has 0 unspecified atom stereocenters. The number of fused-ring (bicyclic) bond motifs is 1. The van der Waals surface area contributed by atoms with E-state index in [4.69, 9.17) is 0 Å². The van der Waals surface area contributed by atoms with Crippen LogP contribution in [0.2, 0.25) is 0 Å². The summed E-state index contributed by atoms with van der Waals surface area (Å²) in [6.45, 7) is 0.363. The highest BCUT2D eigenvalue weighted by Gasteiger charge is 2.27. The molecule has 0 saturated carbocycles.